The standard InChI is InChI=1S/C24H21ClFN5O/c1-31(2)14-24(32)30-23-13-27-10-9-20(23)29-21-12-22(17-11-15(25)7-8-18(17)26)28-19-6-4-3-5-16(19)21/h3-13H,14H2,1-2H3,(H,30,32)(H,27,28,29). The molecule has 1 amide bonds. The Kier molecular flexibility index (Phi) is 6.30. The quantitative estimate of drug-likeness (QED) is 0.416. The highest BCUT2D eigenvalue weighted by molar-refractivity contribution is 6.30. The first kappa shape index (κ1) is 21.7. The Morgan fingerprint density at radius 1 is 1.06 bits per heavy atom. The van der Waals surface area contributed by atoms with Crippen molar-refractivity contribution in [2.75, 3.05) is 31.3 Å². The molecule has 32 heavy (non-hydrogen) atoms. The summed E-state index contributed by atoms with van der Waals surface area (Å²) in [7, 11) is 3.64. The van der Waals surface area contributed by atoms with Crippen molar-refractivity contribution in [1.82, 2.24) is 14.9 Å². The topological polar surface area (TPSA) is 70.2 Å². The molecular formula is C24H21ClFN5O. The largest absolute Gasteiger partial charge is 0.353 e. The Hall–Kier alpha value is -3.55. The maximum absolute atomic E-state index is 14.5. The van der Waals surface area contributed by atoms with Gasteiger partial charge in [0.2, 0.25) is 5.91 Å². The first-order valence-corrected chi connectivity index (χ1v) is 10.3. The number of benzene rings is 2. The Bertz CT molecular complexity index is 1290. The van der Waals surface area contributed by atoms with E-state index in [-0.39, 0.29) is 12.5 Å². The number of carbonyl (C=O) groups is 1. The number of nitrogens with one attached hydrogen (secondary N) is 2. The Morgan fingerprint density at radius 2 is 1.88 bits per heavy atom. The molecule has 162 valence electrons. The van der Waals surface area contributed by atoms with Crippen LogP contribution in [-0.2, 0) is 4.79 Å². The monoisotopic (exact) mass is 449 g/mol. The van der Waals surface area contributed by atoms with Crippen molar-refractivity contribution in [3.63, 3.8) is 0 Å². The van der Waals surface area contributed by atoms with E-state index in [0.717, 1.165) is 5.39 Å². The van der Waals surface area contributed by atoms with Crippen molar-refractivity contribution in [2.45, 2.75) is 0 Å². The molecule has 2 N–H and O–H groups in total. The lowest BCUT2D eigenvalue weighted by molar-refractivity contribution is -0.116. The summed E-state index contributed by atoms with van der Waals surface area (Å²) in [6, 6.07) is 15.5. The van der Waals surface area contributed by atoms with E-state index in [1.54, 1.807) is 35.5 Å². The maximum Gasteiger partial charge on any atom is 0.238 e. The number of para-hydroxylation sites is 1. The molecule has 4 aromatic rings. The summed E-state index contributed by atoms with van der Waals surface area (Å²) in [4.78, 5) is 22.8. The molecule has 0 saturated heterocycles. The van der Waals surface area contributed by atoms with E-state index < -0.39 is 5.82 Å². The Balaban J connectivity index is 1.77. The number of amides is 1. The van der Waals surface area contributed by atoms with Crippen molar-refractivity contribution in [1.29, 1.82) is 0 Å². The third-order valence-corrected chi connectivity index (χ3v) is 4.98. The number of likely N-dealkylation sites (N-methyl/N-ethyl adjacent to an activating group) is 1. The lowest BCUT2D eigenvalue weighted by atomic mass is 10.1. The summed E-state index contributed by atoms with van der Waals surface area (Å²) in [5, 5.41) is 7.50. The molecule has 4 rings (SSSR count). The normalized spacial score (nSPS) is 11.0. The fraction of sp³-hybridized carbons (Fsp3) is 0.125. The molecule has 6 nitrogen and oxygen atoms in total. The van der Waals surface area contributed by atoms with Crippen LogP contribution in [0.25, 0.3) is 22.2 Å². The highest BCUT2D eigenvalue weighted by Crippen LogP contribution is 2.34. The van der Waals surface area contributed by atoms with Crippen LogP contribution >= 0.6 is 11.6 Å². The summed E-state index contributed by atoms with van der Waals surface area (Å²) >= 11 is 6.10. The third-order valence-electron chi connectivity index (χ3n) is 4.74. The molecule has 2 aromatic heterocycles. The minimum absolute atomic E-state index is 0.160. The predicted molar refractivity (Wildman–Crippen MR) is 127 cm³/mol. The fourth-order valence-corrected chi connectivity index (χ4v) is 3.51. The smallest absolute Gasteiger partial charge is 0.238 e. The van der Waals surface area contributed by atoms with Gasteiger partial charge in [0.05, 0.1) is 41.0 Å². The second-order valence-electron chi connectivity index (χ2n) is 7.53. The maximum atomic E-state index is 14.5. The zero-order valence-corrected chi connectivity index (χ0v) is 18.3. The first-order valence-electron chi connectivity index (χ1n) is 9.91. The minimum Gasteiger partial charge on any atom is -0.353 e. The van der Waals surface area contributed by atoms with Gasteiger partial charge < -0.3 is 15.5 Å². The van der Waals surface area contributed by atoms with E-state index in [1.165, 1.54) is 12.1 Å². The van der Waals surface area contributed by atoms with E-state index in [9.17, 15) is 9.18 Å². The van der Waals surface area contributed by atoms with Crippen molar-refractivity contribution in [2.24, 2.45) is 0 Å². The molecule has 0 aliphatic rings. The number of hydrogen-bond donors (Lipinski definition) is 2. The Morgan fingerprint density at radius 3 is 2.69 bits per heavy atom. The lowest BCUT2D eigenvalue weighted by Gasteiger charge is -2.16. The van der Waals surface area contributed by atoms with Gasteiger partial charge in [-0.2, -0.15) is 0 Å². The van der Waals surface area contributed by atoms with Gasteiger partial charge >= 0.3 is 0 Å². The summed E-state index contributed by atoms with van der Waals surface area (Å²) < 4.78 is 14.5. The third kappa shape index (κ3) is 4.85. The van der Waals surface area contributed by atoms with Crippen LogP contribution in [0.2, 0.25) is 5.02 Å². The molecule has 0 fully saturated rings. The van der Waals surface area contributed by atoms with Crippen LogP contribution in [-0.4, -0.2) is 41.4 Å². The van der Waals surface area contributed by atoms with Crippen molar-refractivity contribution in [3.8, 4) is 11.3 Å². The van der Waals surface area contributed by atoms with Crippen LogP contribution < -0.4 is 10.6 Å². The van der Waals surface area contributed by atoms with Crippen LogP contribution in [0.5, 0.6) is 0 Å². The average molecular weight is 450 g/mol. The van der Waals surface area contributed by atoms with Crippen molar-refractivity contribution < 1.29 is 9.18 Å². The number of pyridine rings is 2. The van der Waals surface area contributed by atoms with Crippen LogP contribution in [0.1, 0.15) is 0 Å². The van der Waals surface area contributed by atoms with Gasteiger partial charge in [-0.25, -0.2) is 9.37 Å². The first-order chi connectivity index (χ1) is 15.4. The van der Waals surface area contributed by atoms with E-state index in [0.29, 0.717) is 38.9 Å². The highest BCUT2D eigenvalue weighted by atomic mass is 35.5. The second-order valence-corrected chi connectivity index (χ2v) is 7.97. The second kappa shape index (κ2) is 9.30. The molecule has 0 unspecified atom stereocenters. The molecule has 8 heteroatoms. The molecule has 0 aliphatic heterocycles. The summed E-state index contributed by atoms with van der Waals surface area (Å²) in [5.74, 6) is -0.573. The van der Waals surface area contributed by atoms with Crippen molar-refractivity contribution in [3.05, 3.63) is 77.8 Å². The summed E-state index contributed by atoms with van der Waals surface area (Å²) in [6.07, 6.45) is 3.21. The van der Waals surface area contributed by atoms with Gasteiger partial charge in [0.15, 0.2) is 0 Å². The predicted octanol–water partition coefficient (Wildman–Crippen LogP) is 5.33. The van der Waals surface area contributed by atoms with Gasteiger partial charge in [-0.3, -0.25) is 9.78 Å². The Labute approximate surface area is 190 Å². The van der Waals surface area contributed by atoms with Crippen LogP contribution in [0.4, 0.5) is 21.5 Å². The highest BCUT2D eigenvalue weighted by Gasteiger charge is 2.14. The molecule has 0 saturated carbocycles. The van der Waals surface area contributed by atoms with Gasteiger partial charge in [0, 0.05) is 22.2 Å². The minimum atomic E-state index is -0.413. The molecule has 0 aliphatic carbocycles. The molecule has 2 aromatic carbocycles. The van der Waals surface area contributed by atoms with Crippen LogP contribution in [0.3, 0.4) is 0 Å². The van der Waals surface area contributed by atoms with Crippen molar-refractivity contribution >= 4 is 45.5 Å². The number of anilines is 3. The molecule has 0 radical (unpaired) electrons. The zero-order valence-electron chi connectivity index (χ0n) is 17.6. The molecule has 2 heterocycles. The lowest BCUT2D eigenvalue weighted by Crippen LogP contribution is -2.27. The fourth-order valence-electron chi connectivity index (χ4n) is 3.34. The van der Waals surface area contributed by atoms with Gasteiger partial charge in [0.25, 0.3) is 0 Å². The molecular weight excluding hydrogens is 429 g/mol. The van der Waals surface area contributed by atoms with E-state index in [1.807, 2.05) is 38.4 Å². The van der Waals surface area contributed by atoms with E-state index in [4.69, 9.17) is 11.6 Å². The molecule has 0 bridgehead atoms. The summed E-state index contributed by atoms with van der Waals surface area (Å²) in [6.45, 7) is 0.241. The van der Waals surface area contributed by atoms with Gasteiger partial charge in [-0.15, -0.1) is 0 Å². The van der Waals surface area contributed by atoms with Gasteiger partial charge in [0.1, 0.15) is 5.82 Å². The number of aromatic nitrogens is 2. The SMILES string of the molecule is CN(C)CC(=O)Nc1cnccc1Nc1cc(-c2cc(Cl)ccc2F)nc2ccccc12. The van der Waals surface area contributed by atoms with Gasteiger partial charge in [-0.05, 0) is 50.5 Å². The number of hydrogen-bond acceptors (Lipinski definition) is 5. The van der Waals surface area contributed by atoms with Crippen LogP contribution in [0, 0.1) is 5.82 Å². The van der Waals surface area contributed by atoms with E-state index >= 15 is 0 Å². The molecule has 0 atom stereocenters. The number of halogens is 2. The number of carbonyl (C=O) groups excluding carboxylic acids is 1. The number of fused-ring (bicyclic) bond motifs is 1. The average Bonchev–Trinajstić information content (AvgIpc) is 2.76. The number of rotatable bonds is 6. The zero-order chi connectivity index (χ0) is 22.7. The van der Waals surface area contributed by atoms with Crippen LogP contribution in [0.15, 0.2) is 67.0 Å². The molecule has 0 spiro atoms. The summed E-state index contributed by atoms with van der Waals surface area (Å²) in [5.41, 5.74) is 3.34. The number of nitrogens with zero attached hydrogens (tertiary/aromatic N) is 3. The van der Waals surface area contributed by atoms with Gasteiger partial charge in [-0.1, -0.05) is 29.8 Å². The van der Waals surface area contributed by atoms with E-state index in [2.05, 4.69) is 20.6 Å².